The molecule has 0 saturated carbocycles. The van der Waals surface area contributed by atoms with E-state index in [1.807, 2.05) is 24.3 Å². The molecule has 15 heavy (non-hydrogen) atoms. The minimum absolute atomic E-state index is 0. The Morgan fingerprint density at radius 3 is 2.53 bits per heavy atom. The summed E-state index contributed by atoms with van der Waals surface area (Å²) in [6, 6.07) is 10.9. The SMILES string of the molecule is CC(=O)c1ccc2ccccc2c1O.[H-].[Na+]. The van der Waals surface area contributed by atoms with Crippen molar-refractivity contribution in [1.82, 2.24) is 0 Å². The summed E-state index contributed by atoms with van der Waals surface area (Å²) in [6.45, 7) is 1.45. The van der Waals surface area contributed by atoms with Crippen LogP contribution >= 0.6 is 0 Å². The Kier molecular flexibility index (Phi) is 3.91. The van der Waals surface area contributed by atoms with E-state index in [2.05, 4.69) is 0 Å². The normalized spacial score (nSPS) is 9.67. The van der Waals surface area contributed by atoms with Crippen molar-refractivity contribution < 1.29 is 40.9 Å². The smallest absolute Gasteiger partial charge is 1.00 e. The third-order valence-electron chi connectivity index (χ3n) is 2.28. The molecule has 2 nitrogen and oxygen atoms in total. The van der Waals surface area contributed by atoms with Gasteiger partial charge in [0.1, 0.15) is 5.75 Å². The van der Waals surface area contributed by atoms with E-state index in [1.54, 1.807) is 12.1 Å². The van der Waals surface area contributed by atoms with E-state index in [4.69, 9.17) is 0 Å². The molecule has 0 heterocycles. The fourth-order valence-electron chi connectivity index (χ4n) is 1.54. The zero-order valence-electron chi connectivity index (χ0n) is 9.82. The van der Waals surface area contributed by atoms with Crippen LogP contribution in [0.4, 0.5) is 0 Å². The Balaban J connectivity index is 0.00000112. The topological polar surface area (TPSA) is 37.3 Å². The summed E-state index contributed by atoms with van der Waals surface area (Å²) >= 11 is 0. The first-order valence-electron chi connectivity index (χ1n) is 4.42. The molecule has 0 aliphatic heterocycles. The number of aromatic hydroxyl groups is 1. The Hall–Kier alpha value is -0.830. The van der Waals surface area contributed by atoms with Crippen LogP contribution in [0.25, 0.3) is 10.8 Å². The molecule has 3 heteroatoms. The van der Waals surface area contributed by atoms with Crippen molar-refractivity contribution in [3.8, 4) is 5.75 Å². The van der Waals surface area contributed by atoms with Gasteiger partial charge in [0, 0.05) is 5.39 Å². The molecular weight excluding hydrogens is 199 g/mol. The van der Waals surface area contributed by atoms with Gasteiger partial charge in [0.25, 0.3) is 0 Å². The van der Waals surface area contributed by atoms with Gasteiger partial charge in [-0.15, -0.1) is 0 Å². The fraction of sp³-hybridized carbons (Fsp3) is 0.0833. The molecule has 0 fully saturated rings. The Morgan fingerprint density at radius 2 is 1.87 bits per heavy atom. The molecule has 72 valence electrons. The predicted molar refractivity (Wildman–Crippen MR) is 56.7 cm³/mol. The molecule has 0 amide bonds. The van der Waals surface area contributed by atoms with Crippen molar-refractivity contribution >= 4 is 16.6 Å². The van der Waals surface area contributed by atoms with Gasteiger partial charge in [0.2, 0.25) is 0 Å². The summed E-state index contributed by atoms with van der Waals surface area (Å²) in [5, 5.41) is 11.5. The van der Waals surface area contributed by atoms with Gasteiger partial charge in [-0.05, 0) is 18.4 Å². The standard InChI is InChI=1S/C12H10O2.Na.H/c1-8(13)10-7-6-9-4-2-3-5-11(9)12(10)14;;/h2-7,14H,1H3;;/q;+1;-1. The van der Waals surface area contributed by atoms with Crippen molar-refractivity contribution in [3.63, 3.8) is 0 Å². The fourth-order valence-corrected chi connectivity index (χ4v) is 1.54. The number of hydrogen-bond acceptors (Lipinski definition) is 2. The van der Waals surface area contributed by atoms with Gasteiger partial charge in [-0.3, -0.25) is 4.79 Å². The van der Waals surface area contributed by atoms with E-state index in [1.165, 1.54) is 6.92 Å². The van der Waals surface area contributed by atoms with Crippen LogP contribution in [-0.4, -0.2) is 10.9 Å². The third kappa shape index (κ3) is 2.23. The maximum absolute atomic E-state index is 11.1. The molecule has 2 aromatic rings. The van der Waals surface area contributed by atoms with Gasteiger partial charge in [-0.25, -0.2) is 0 Å². The van der Waals surface area contributed by atoms with Gasteiger partial charge in [0.05, 0.1) is 5.56 Å². The third-order valence-corrected chi connectivity index (χ3v) is 2.28. The Labute approximate surface area is 112 Å². The maximum atomic E-state index is 11.1. The number of benzene rings is 2. The molecule has 0 spiro atoms. The van der Waals surface area contributed by atoms with Crippen LogP contribution in [0, 0.1) is 0 Å². The molecule has 0 bridgehead atoms. The number of carbonyl (C=O) groups is 1. The zero-order chi connectivity index (χ0) is 10.1. The number of ketones is 1. The number of phenols is 1. The first-order chi connectivity index (χ1) is 6.70. The van der Waals surface area contributed by atoms with Crippen LogP contribution in [0.3, 0.4) is 0 Å². The van der Waals surface area contributed by atoms with Crippen molar-refractivity contribution in [2.75, 3.05) is 0 Å². The van der Waals surface area contributed by atoms with Crippen LogP contribution in [0.2, 0.25) is 0 Å². The minimum atomic E-state index is -0.117. The van der Waals surface area contributed by atoms with Gasteiger partial charge in [-0.2, -0.15) is 0 Å². The first-order valence-corrected chi connectivity index (χ1v) is 4.42. The van der Waals surface area contributed by atoms with Crippen LogP contribution < -0.4 is 29.6 Å². The van der Waals surface area contributed by atoms with Crippen molar-refractivity contribution in [3.05, 3.63) is 42.0 Å². The van der Waals surface area contributed by atoms with E-state index in [0.29, 0.717) is 5.56 Å². The molecule has 0 saturated heterocycles. The molecular formula is C12H11NaO2. The molecule has 0 radical (unpaired) electrons. The first kappa shape index (κ1) is 12.2. The minimum Gasteiger partial charge on any atom is -1.00 e. The van der Waals surface area contributed by atoms with E-state index in [9.17, 15) is 9.90 Å². The van der Waals surface area contributed by atoms with Crippen molar-refractivity contribution in [1.29, 1.82) is 0 Å². The van der Waals surface area contributed by atoms with E-state index >= 15 is 0 Å². The average molecular weight is 210 g/mol. The summed E-state index contributed by atoms with van der Waals surface area (Å²) in [5.74, 6) is -0.0381. The zero-order valence-corrected chi connectivity index (χ0v) is 10.8. The molecule has 0 aromatic heterocycles. The molecule has 0 unspecified atom stereocenters. The summed E-state index contributed by atoms with van der Waals surface area (Å²) in [4.78, 5) is 11.1. The molecule has 0 aliphatic carbocycles. The molecule has 0 atom stereocenters. The summed E-state index contributed by atoms with van der Waals surface area (Å²) < 4.78 is 0. The van der Waals surface area contributed by atoms with Gasteiger partial charge in [0.15, 0.2) is 5.78 Å². The number of rotatable bonds is 1. The largest absolute Gasteiger partial charge is 1.00 e. The van der Waals surface area contributed by atoms with E-state index in [0.717, 1.165) is 10.8 Å². The van der Waals surface area contributed by atoms with Crippen LogP contribution in [0.15, 0.2) is 36.4 Å². The molecule has 0 aliphatic rings. The second-order valence-corrected chi connectivity index (χ2v) is 3.24. The number of carbonyl (C=O) groups excluding carboxylic acids is 1. The van der Waals surface area contributed by atoms with Crippen LogP contribution in [-0.2, 0) is 0 Å². The number of fused-ring (bicyclic) bond motifs is 1. The summed E-state index contributed by atoms with van der Waals surface area (Å²) in [6.07, 6.45) is 0. The monoisotopic (exact) mass is 210 g/mol. The predicted octanol–water partition coefficient (Wildman–Crippen LogP) is -0.136. The molecule has 1 N–H and O–H groups in total. The van der Waals surface area contributed by atoms with Crippen LogP contribution in [0.5, 0.6) is 5.75 Å². The maximum Gasteiger partial charge on any atom is 1.00 e. The van der Waals surface area contributed by atoms with Gasteiger partial charge >= 0.3 is 29.6 Å². The molecule has 2 aromatic carbocycles. The van der Waals surface area contributed by atoms with Gasteiger partial charge in [-0.1, -0.05) is 30.3 Å². The summed E-state index contributed by atoms with van der Waals surface area (Å²) in [5.41, 5.74) is 0.378. The van der Waals surface area contributed by atoms with E-state index in [-0.39, 0.29) is 42.5 Å². The number of phenolic OH excluding ortho intramolecular Hbond substituents is 1. The quantitative estimate of drug-likeness (QED) is 0.525. The van der Waals surface area contributed by atoms with Crippen molar-refractivity contribution in [2.24, 2.45) is 0 Å². The average Bonchev–Trinajstić information content (AvgIpc) is 2.18. The second-order valence-electron chi connectivity index (χ2n) is 3.24. The number of Topliss-reactive ketones (excluding diaryl/α,β-unsaturated/α-hetero) is 1. The second kappa shape index (κ2) is 4.79. The Bertz CT molecular complexity index is 511. The molecule has 2 rings (SSSR count). The van der Waals surface area contributed by atoms with Crippen LogP contribution in [0.1, 0.15) is 18.7 Å². The summed E-state index contributed by atoms with van der Waals surface area (Å²) in [7, 11) is 0. The number of hydrogen-bond donors (Lipinski definition) is 1. The Morgan fingerprint density at radius 1 is 1.20 bits per heavy atom. The van der Waals surface area contributed by atoms with E-state index < -0.39 is 0 Å². The van der Waals surface area contributed by atoms with Crippen molar-refractivity contribution in [2.45, 2.75) is 6.92 Å². The van der Waals surface area contributed by atoms with Gasteiger partial charge < -0.3 is 6.53 Å².